The summed E-state index contributed by atoms with van der Waals surface area (Å²) >= 11 is 0. The first-order valence-corrected chi connectivity index (χ1v) is 6.71. The Morgan fingerprint density at radius 1 is 1.30 bits per heavy atom. The minimum atomic E-state index is -0.439. The third-order valence-electron chi connectivity index (χ3n) is 2.76. The summed E-state index contributed by atoms with van der Waals surface area (Å²) in [5.74, 6) is -0.160. The molecular weight excluding hydrogens is 300 g/mol. The van der Waals surface area contributed by atoms with E-state index in [4.69, 9.17) is 9.47 Å². The molecule has 1 aromatic heterocycles. The van der Waals surface area contributed by atoms with E-state index < -0.39 is 11.9 Å². The van der Waals surface area contributed by atoms with Gasteiger partial charge in [0.15, 0.2) is 17.2 Å². The predicted octanol–water partition coefficient (Wildman–Crippen LogP) is 1.42. The van der Waals surface area contributed by atoms with E-state index in [-0.39, 0.29) is 5.69 Å². The maximum atomic E-state index is 11.8. The number of carbonyl (C=O) groups is 2. The molecule has 1 amide bonds. The van der Waals surface area contributed by atoms with Crippen LogP contribution < -0.4 is 14.9 Å². The fraction of sp³-hybridized carbons (Fsp3) is 0.200. The number of aromatic amines is 1. The zero-order valence-electron chi connectivity index (χ0n) is 12.9. The van der Waals surface area contributed by atoms with Crippen LogP contribution in [-0.2, 0) is 4.79 Å². The highest BCUT2D eigenvalue weighted by atomic mass is 16.6. The van der Waals surface area contributed by atoms with Gasteiger partial charge < -0.3 is 9.47 Å². The van der Waals surface area contributed by atoms with Crippen LogP contribution in [0.2, 0.25) is 0 Å². The normalized spacial score (nSPS) is 10.6. The minimum absolute atomic E-state index is 0.252. The number of hydrogen-bond donors (Lipinski definition) is 2. The lowest BCUT2D eigenvalue weighted by Crippen LogP contribution is -2.18. The zero-order chi connectivity index (χ0) is 16.8. The molecule has 0 aliphatic heterocycles. The van der Waals surface area contributed by atoms with Crippen molar-refractivity contribution in [1.82, 2.24) is 15.6 Å². The first-order chi connectivity index (χ1) is 11.0. The number of H-pyrrole nitrogens is 1. The largest absolute Gasteiger partial charge is 0.493 e. The SMILES string of the molecule is COc1cc(/C=N\NC(=O)c2cc(C)[nH]n2)ccc1OC(C)=O. The summed E-state index contributed by atoms with van der Waals surface area (Å²) in [5.41, 5.74) is 4.06. The summed E-state index contributed by atoms with van der Waals surface area (Å²) in [6.07, 6.45) is 1.44. The molecule has 2 N–H and O–H groups in total. The first-order valence-electron chi connectivity index (χ1n) is 6.71. The number of ether oxygens (including phenoxy) is 2. The number of nitrogens with zero attached hydrogens (tertiary/aromatic N) is 2. The molecule has 0 bridgehead atoms. The number of hydrogen-bond acceptors (Lipinski definition) is 6. The van der Waals surface area contributed by atoms with Crippen molar-refractivity contribution in [3.8, 4) is 11.5 Å². The number of benzene rings is 1. The maximum absolute atomic E-state index is 11.8. The molecule has 0 saturated heterocycles. The highest BCUT2D eigenvalue weighted by molar-refractivity contribution is 5.93. The van der Waals surface area contributed by atoms with Gasteiger partial charge in [-0.1, -0.05) is 0 Å². The topological polar surface area (TPSA) is 106 Å². The number of carbonyl (C=O) groups excluding carboxylic acids is 2. The van der Waals surface area contributed by atoms with Crippen molar-refractivity contribution >= 4 is 18.1 Å². The predicted molar refractivity (Wildman–Crippen MR) is 82.7 cm³/mol. The van der Waals surface area contributed by atoms with Crippen LogP contribution in [0.5, 0.6) is 11.5 Å². The lowest BCUT2D eigenvalue weighted by atomic mass is 10.2. The van der Waals surface area contributed by atoms with Gasteiger partial charge in [-0.15, -0.1) is 0 Å². The number of aryl methyl sites for hydroxylation is 1. The first kappa shape index (κ1) is 16.2. The molecule has 0 unspecified atom stereocenters. The standard InChI is InChI=1S/C15H16N4O4/c1-9-6-12(18-17-9)15(21)19-16-8-11-4-5-13(23-10(2)20)14(7-11)22-3/h4-8H,1-3H3,(H,17,18)(H,19,21)/b16-8-. The van der Waals surface area contributed by atoms with Gasteiger partial charge in [0.1, 0.15) is 0 Å². The average molecular weight is 316 g/mol. The Morgan fingerprint density at radius 3 is 2.70 bits per heavy atom. The molecule has 1 heterocycles. The molecule has 23 heavy (non-hydrogen) atoms. The molecule has 1 aromatic carbocycles. The van der Waals surface area contributed by atoms with Gasteiger partial charge in [-0.05, 0) is 36.8 Å². The van der Waals surface area contributed by atoms with Gasteiger partial charge in [0.2, 0.25) is 0 Å². The Labute approximate surface area is 132 Å². The van der Waals surface area contributed by atoms with Gasteiger partial charge in [0, 0.05) is 12.6 Å². The molecular formula is C15H16N4O4. The molecule has 0 aliphatic rings. The Hall–Kier alpha value is -3.16. The fourth-order valence-corrected chi connectivity index (χ4v) is 1.76. The van der Waals surface area contributed by atoms with E-state index in [2.05, 4.69) is 20.7 Å². The number of aromatic nitrogens is 2. The molecule has 0 fully saturated rings. The van der Waals surface area contributed by atoms with Crippen LogP contribution in [0.3, 0.4) is 0 Å². The number of hydrazone groups is 1. The molecule has 8 nitrogen and oxygen atoms in total. The second kappa shape index (κ2) is 7.21. The summed E-state index contributed by atoms with van der Waals surface area (Å²) in [7, 11) is 1.46. The molecule has 0 radical (unpaired) electrons. The van der Waals surface area contributed by atoms with Gasteiger partial charge in [-0.3, -0.25) is 14.7 Å². The van der Waals surface area contributed by atoms with E-state index in [1.165, 1.54) is 20.2 Å². The van der Waals surface area contributed by atoms with Gasteiger partial charge in [0.05, 0.1) is 13.3 Å². The summed E-state index contributed by atoms with van der Waals surface area (Å²) in [5, 5.41) is 10.4. The molecule has 0 aliphatic carbocycles. The maximum Gasteiger partial charge on any atom is 0.308 e. The quantitative estimate of drug-likeness (QED) is 0.375. The van der Waals surface area contributed by atoms with Crippen molar-refractivity contribution in [2.24, 2.45) is 5.10 Å². The van der Waals surface area contributed by atoms with Crippen LogP contribution in [0.15, 0.2) is 29.4 Å². The lowest BCUT2D eigenvalue weighted by molar-refractivity contribution is -0.132. The number of methoxy groups -OCH3 is 1. The van der Waals surface area contributed by atoms with Crippen LogP contribution in [0.25, 0.3) is 0 Å². The molecule has 2 aromatic rings. The monoisotopic (exact) mass is 316 g/mol. The number of rotatable bonds is 5. The highest BCUT2D eigenvalue weighted by Crippen LogP contribution is 2.27. The van der Waals surface area contributed by atoms with E-state index in [1.54, 1.807) is 31.2 Å². The second-order valence-electron chi connectivity index (χ2n) is 4.64. The van der Waals surface area contributed by atoms with Crippen molar-refractivity contribution < 1.29 is 19.1 Å². The Balaban J connectivity index is 2.04. The van der Waals surface area contributed by atoms with Crippen LogP contribution in [-0.4, -0.2) is 35.4 Å². The van der Waals surface area contributed by atoms with E-state index in [1.807, 2.05) is 0 Å². The molecule has 8 heteroatoms. The second-order valence-corrected chi connectivity index (χ2v) is 4.64. The van der Waals surface area contributed by atoms with Crippen LogP contribution in [0, 0.1) is 6.92 Å². The average Bonchev–Trinajstić information content (AvgIpc) is 2.94. The minimum Gasteiger partial charge on any atom is -0.493 e. The van der Waals surface area contributed by atoms with Crippen molar-refractivity contribution in [2.75, 3.05) is 7.11 Å². The van der Waals surface area contributed by atoms with Crippen molar-refractivity contribution in [3.63, 3.8) is 0 Å². The lowest BCUT2D eigenvalue weighted by Gasteiger charge is -2.08. The molecule has 120 valence electrons. The van der Waals surface area contributed by atoms with Crippen molar-refractivity contribution in [1.29, 1.82) is 0 Å². The smallest absolute Gasteiger partial charge is 0.308 e. The number of amides is 1. The molecule has 2 rings (SSSR count). The Bertz CT molecular complexity index is 752. The van der Waals surface area contributed by atoms with Gasteiger partial charge in [0.25, 0.3) is 5.91 Å². The van der Waals surface area contributed by atoms with Crippen LogP contribution >= 0.6 is 0 Å². The summed E-state index contributed by atoms with van der Waals surface area (Å²) in [4.78, 5) is 22.7. The number of nitrogens with one attached hydrogen (secondary N) is 2. The van der Waals surface area contributed by atoms with Crippen molar-refractivity contribution in [2.45, 2.75) is 13.8 Å². The van der Waals surface area contributed by atoms with Crippen LogP contribution in [0.1, 0.15) is 28.7 Å². The summed E-state index contributed by atoms with van der Waals surface area (Å²) in [6, 6.07) is 6.50. The van der Waals surface area contributed by atoms with Gasteiger partial charge >= 0.3 is 5.97 Å². The van der Waals surface area contributed by atoms with Gasteiger partial charge in [-0.25, -0.2) is 5.43 Å². The van der Waals surface area contributed by atoms with E-state index in [0.717, 1.165) is 5.69 Å². The van der Waals surface area contributed by atoms with E-state index in [0.29, 0.717) is 17.1 Å². The van der Waals surface area contributed by atoms with E-state index in [9.17, 15) is 9.59 Å². The number of esters is 1. The third kappa shape index (κ3) is 4.40. The summed E-state index contributed by atoms with van der Waals surface area (Å²) < 4.78 is 10.2. The van der Waals surface area contributed by atoms with E-state index >= 15 is 0 Å². The Morgan fingerprint density at radius 2 is 2.09 bits per heavy atom. The fourth-order valence-electron chi connectivity index (χ4n) is 1.76. The zero-order valence-corrected chi connectivity index (χ0v) is 12.9. The Kier molecular flexibility index (Phi) is 5.08. The third-order valence-corrected chi connectivity index (χ3v) is 2.76. The summed E-state index contributed by atoms with van der Waals surface area (Å²) in [6.45, 7) is 3.10. The molecule has 0 atom stereocenters. The van der Waals surface area contributed by atoms with Crippen molar-refractivity contribution in [3.05, 3.63) is 41.2 Å². The molecule has 0 saturated carbocycles. The highest BCUT2D eigenvalue weighted by Gasteiger charge is 2.09. The van der Waals surface area contributed by atoms with Crippen LogP contribution in [0.4, 0.5) is 0 Å². The van der Waals surface area contributed by atoms with Gasteiger partial charge in [-0.2, -0.15) is 10.2 Å². The molecule has 0 spiro atoms.